The maximum absolute atomic E-state index is 12.1. The summed E-state index contributed by atoms with van der Waals surface area (Å²) in [7, 11) is 0. The van der Waals surface area contributed by atoms with Crippen LogP contribution in [0.3, 0.4) is 0 Å². The predicted octanol–water partition coefficient (Wildman–Crippen LogP) is 5.24. The lowest BCUT2D eigenvalue weighted by Gasteiger charge is -2.15. The van der Waals surface area contributed by atoms with Gasteiger partial charge in [0.05, 0.1) is 29.8 Å². The molecule has 0 aromatic heterocycles. The Kier molecular flexibility index (Phi) is 9.86. The summed E-state index contributed by atoms with van der Waals surface area (Å²) in [5, 5.41) is 15.7. The quantitative estimate of drug-likeness (QED) is 0.208. The van der Waals surface area contributed by atoms with Gasteiger partial charge in [0.1, 0.15) is 6.61 Å². The Balaban J connectivity index is 1.63. The molecule has 36 heavy (non-hydrogen) atoms. The lowest BCUT2D eigenvalue weighted by atomic mass is 10.1. The van der Waals surface area contributed by atoms with E-state index < -0.39 is 11.8 Å². The lowest BCUT2D eigenvalue weighted by molar-refractivity contribution is -0.136. The standard InChI is InChI=1S/C26H22BrClN4O4/c1-2-35-23-14-18(13-21(27)24(23)36-16-19-5-3-4-6-22(19)28)15-30-32-26(34)25(33)31-20-9-7-17(8-10-20)11-12-29/h3-10,13-15H,2,11,16H2,1H3,(H,31,33)(H,32,34)/b30-15+. The van der Waals surface area contributed by atoms with Crippen LogP contribution in [-0.2, 0) is 22.6 Å². The monoisotopic (exact) mass is 568 g/mol. The van der Waals surface area contributed by atoms with Crippen LogP contribution in [0.2, 0.25) is 5.02 Å². The van der Waals surface area contributed by atoms with Crippen LogP contribution < -0.4 is 20.2 Å². The zero-order valence-electron chi connectivity index (χ0n) is 19.3. The molecular formula is C26H22BrClN4O4. The van der Waals surface area contributed by atoms with Crippen LogP contribution in [0.5, 0.6) is 11.5 Å². The van der Waals surface area contributed by atoms with Crippen LogP contribution >= 0.6 is 27.5 Å². The molecule has 0 spiro atoms. The number of carbonyl (C=O) groups excluding carboxylic acids is 2. The summed E-state index contributed by atoms with van der Waals surface area (Å²) >= 11 is 9.70. The third-order valence-electron chi connectivity index (χ3n) is 4.74. The molecule has 0 unspecified atom stereocenters. The van der Waals surface area contributed by atoms with Gasteiger partial charge >= 0.3 is 11.8 Å². The molecule has 0 heterocycles. The molecule has 0 saturated heterocycles. The van der Waals surface area contributed by atoms with Gasteiger partial charge in [-0.15, -0.1) is 0 Å². The SMILES string of the molecule is CCOc1cc(/C=N/NC(=O)C(=O)Nc2ccc(CC#N)cc2)cc(Br)c1OCc1ccccc1Cl. The van der Waals surface area contributed by atoms with Crippen LogP contribution in [0, 0.1) is 11.3 Å². The van der Waals surface area contributed by atoms with Gasteiger partial charge in [0.15, 0.2) is 11.5 Å². The number of carbonyl (C=O) groups is 2. The molecule has 0 fully saturated rings. The van der Waals surface area contributed by atoms with Gasteiger partial charge in [0.2, 0.25) is 0 Å². The Morgan fingerprint density at radius 3 is 2.56 bits per heavy atom. The topological polar surface area (TPSA) is 113 Å². The molecule has 0 aliphatic heterocycles. The summed E-state index contributed by atoms with van der Waals surface area (Å²) < 4.78 is 12.3. The highest BCUT2D eigenvalue weighted by molar-refractivity contribution is 9.10. The number of rotatable bonds is 9. The summed E-state index contributed by atoms with van der Waals surface area (Å²) in [6.45, 7) is 2.50. The number of hydrazone groups is 1. The summed E-state index contributed by atoms with van der Waals surface area (Å²) in [6, 6.07) is 19.5. The van der Waals surface area contributed by atoms with E-state index in [0.29, 0.717) is 38.9 Å². The number of hydrogen-bond acceptors (Lipinski definition) is 6. The van der Waals surface area contributed by atoms with E-state index in [9.17, 15) is 9.59 Å². The van der Waals surface area contributed by atoms with Crippen molar-refractivity contribution >= 4 is 51.2 Å². The van der Waals surface area contributed by atoms with E-state index in [1.165, 1.54) is 6.21 Å². The van der Waals surface area contributed by atoms with E-state index in [-0.39, 0.29) is 13.0 Å². The Bertz CT molecular complexity index is 1310. The van der Waals surface area contributed by atoms with Gasteiger partial charge in [0, 0.05) is 16.3 Å². The first-order chi connectivity index (χ1) is 17.4. The predicted molar refractivity (Wildman–Crippen MR) is 141 cm³/mol. The van der Waals surface area contributed by atoms with E-state index in [2.05, 4.69) is 31.8 Å². The number of anilines is 1. The molecule has 10 heteroatoms. The molecule has 3 aromatic rings. The third-order valence-corrected chi connectivity index (χ3v) is 5.70. The Labute approximate surface area is 222 Å². The fourth-order valence-corrected chi connectivity index (χ4v) is 3.80. The molecule has 3 rings (SSSR count). The zero-order valence-corrected chi connectivity index (χ0v) is 21.6. The van der Waals surface area contributed by atoms with E-state index in [1.54, 1.807) is 42.5 Å². The molecule has 0 aliphatic carbocycles. The number of nitriles is 1. The van der Waals surface area contributed by atoms with Crippen LogP contribution in [0.1, 0.15) is 23.6 Å². The van der Waals surface area contributed by atoms with Gasteiger partial charge in [-0.2, -0.15) is 10.4 Å². The van der Waals surface area contributed by atoms with Gasteiger partial charge in [-0.25, -0.2) is 5.43 Å². The molecule has 0 aliphatic rings. The molecular weight excluding hydrogens is 548 g/mol. The highest BCUT2D eigenvalue weighted by Gasteiger charge is 2.15. The van der Waals surface area contributed by atoms with E-state index >= 15 is 0 Å². The molecule has 0 atom stereocenters. The lowest BCUT2D eigenvalue weighted by Crippen LogP contribution is -2.32. The molecule has 0 radical (unpaired) electrons. The van der Waals surface area contributed by atoms with Crippen molar-refractivity contribution in [2.75, 3.05) is 11.9 Å². The van der Waals surface area contributed by atoms with Crippen molar-refractivity contribution in [2.24, 2.45) is 5.10 Å². The average Bonchev–Trinajstić information content (AvgIpc) is 2.86. The van der Waals surface area contributed by atoms with Crippen LogP contribution in [0.15, 0.2) is 70.2 Å². The van der Waals surface area contributed by atoms with Gasteiger partial charge < -0.3 is 14.8 Å². The highest BCUT2D eigenvalue weighted by Crippen LogP contribution is 2.37. The second-order valence-corrected chi connectivity index (χ2v) is 8.59. The normalized spacial score (nSPS) is 10.5. The minimum absolute atomic E-state index is 0.248. The third kappa shape index (κ3) is 7.57. The second-order valence-electron chi connectivity index (χ2n) is 7.33. The number of benzene rings is 3. The largest absolute Gasteiger partial charge is 0.490 e. The van der Waals surface area contributed by atoms with Crippen molar-refractivity contribution in [2.45, 2.75) is 20.0 Å². The molecule has 8 nitrogen and oxygen atoms in total. The van der Waals surface area contributed by atoms with Crippen molar-refractivity contribution in [3.63, 3.8) is 0 Å². The maximum atomic E-state index is 12.1. The van der Waals surface area contributed by atoms with Crippen molar-refractivity contribution in [3.8, 4) is 17.6 Å². The van der Waals surface area contributed by atoms with Crippen molar-refractivity contribution in [1.82, 2.24) is 5.43 Å². The summed E-state index contributed by atoms with van der Waals surface area (Å²) in [4.78, 5) is 24.2. The summed E-state index contributed by atoms with van der Waals surface area (Å²) in [6.07, 6.45) is 1.64. The van der Waals surface area contributed by atoms with Gasteiger partial charge in [-0.05, 0) is 64.3 Å². The Hall–Kier alpha value is -3.87. The summed E-state index contributed by atoms with van der Waals surface area (Å²) in [5.74, 6) is -0.835. The smallest absolute Gasteiger partial charge is 0.329 e. The van der Waals surface area contributed by atoms with Gasteiger partial charge in [-0.1, -0.05) is 41.9 Å². The van der Waals surface area contributed by atoms with Gasteiger partial charge in [0.25, 0.3) is 0 Å². The first-order valence-corrected chi connectivity index (χ1v) is 12.0. The summed E-state index contributed by atoms with van der Waals surface area (Å²) in [5.41, 5.74) is 4.86. The molecule has 2 N–H and O–H groups in total. The molecule has 0 bridgehead atoms. The number of hydrogen-bond donors (Lipinski definition) is 2. The van der Waals surface area contributed by atoms with Gasteiger partial charge in [-0.3, -0.25) is 9.59 Å². The van der Waals surface area contributed by atoms with Crippen LogP contribution in [0.25, 0.3) is 0 Å². The van der Waals surface area contributed by atoms with E-state index in [0.717, 1.165) is 11.1 Å². The number of nitrogens with zero attached hydrogens (tertiary/aromatic N) is 2. The fraction of sp³-hybridized carbons (Fsp3) is 0.154. The minimum atomic E-state index is -0.934. The number of nitrogens with one attached hydrogen (secondary N) is 2. The number of ether oxygens (including phenoxy) is 2. The van der Waals surface area contributed by atoms with Crippen LogP contribution in [0.4, 0.5) is 5.69 Å². The van der Waals surface area contributed by atoms with Crippen LogP contribution in [-0.4, -0.2) is 24.6 Å². The Morgan fingerprint density at radius 1 is 1.11 bits per heavy atom. The van der Waals surface area contributed by atoms with Crippen molar-refractivity contribution in [1.29, 1.82) is 5.26 Å². The number of halogens is 2. The first kappa shape index (κ1) is 26.7. The van der Waals surface area contributed by atoms with E-state index in [4.69, 9.17) is 26.3 Å². The molecule has 3 aromatic carbocycles. The van der Waals surface area contributed by atoms with Crippen molar-refractivity contribution in [3.05, 3.63) is 86.8 Å². The zero-order chi connectivity index (χ0) is 25.9. The first-order valence-electron chi connectivity index (χ1n) is 10.8. The van der Waals surface area contributed by atoms with E-state index in [1.807, 2.05) is 31.2 Å². The Morgan fingerprint density at radius 2 is 1.86 bits per heavy atom. The van der Waals surface area contributed by atoms with Crippen molar-refractivity contribution < 1.29 is 19.1 Å². The molecule has 2 amide bonds. The number of amides is 2. The fourth-order valence-electron chi connectivity index (χ4n) is 3.03. The molecule has 184 valence electrons. The highest BCUT2D eigenvalue weighted by atomic mass is 79.9. The molecule has 0 saturated carbocycles. The second kappa shape index (κ2) is 13.3. The minimum Gasteiger partial charge on any atom is -0.490 e. The average molecular weight is 570 g/mol. The maximum Gasteiger partial charge on any atom is 0.329 e.